The van der Waals surface area contributed by atoms with Gasteiger partial charge in [-0.15, -0.1) is 12.4 Å². The van der Waals surface area contributed by atoms with Gasteiger partial charge in [-0.25, -0.2) is 4.98 Å². The molecule has 2 aliphatic rings. The Labute approximate surface area is 153 Å². The highest BCUT2D eigenvalue weighted by atomic mass is 35.5. The Bertz CT molecular complexity index is 479. The van der Waals surface area contributed by atoms with E-state index in [1.807, 2.05) is 6.20 Å². The van der Waals surface area contributed by atoms with Crippen molar-refractivity contribution in [1.82, 2.24) is 15.2 Å². The van der Waals surface area contributed by atoms with Gasteiger partial charge in [-0.05, 0) is 76.7 Å². The topological polar surface area (TPSA) is 31.4 Å². The zero-order valence-electron chi connectivity index (χ0n) is 15.4. The zero-order chi connectivity index (χ0) is 16.2. The number of anilines is 1. The molecule has 0 atom stereocenters. The molecule has 0 amide bonds. The normalized spacial score (nSPS) is 19.3. The summed E-state index contributed by atoms with van der Waals surface area (Å²) in [6, 6.07) is 5.61. The van der Waals surface area contributed by atoms with Gasteiger partial charge < -0.3 is 10.2 Å². The summed E-state index contributed by atoms with van der Waals surface area (Å²) in [7, 11) is 2.10. The molecule has 24 heavy (non-hydrogen) atoms. The van der Waals surface area contributed by atoms with Crippen molar-refractivity contribution in [2.24, 2.45) is 5.92 Å². The second-order valence-corrected chi connectivity index (χ2v) is 7.63. The lowest BCUT2D eigenvalue weighted by Crippen LogP contribution is -2.42. The van der Waals surface area contributed by atoms with Crippen molar-refractivity contribution in [3.8, 4) is 0 Å². The number of aromatic nitrogens is 1. The quantitative estimate of drug-likeness (QED) is 0.815. The third-order valence-electron chi connectivity index (χ3n) is 5.33. The number of rotatable bonds is 7. The molecule has 5 heteroatoms. The van der Waals surface area contributed by atoms with E-state index in [1.54, 1.807) is 0 Å². The van der Waals surface area contributed by atoms with Crippen LogP contribution in [0.3, 0.4) is 0 Å². The molecule has 1 saturated carbocycles. The van der Waals surface area contributed by atoms with E-state index >= 15 is 0 Å². The molecule has 1 aromatic rings. The zero-order valence-corrected chi connectivity index (χ0v) is 16.2. The van der Waals surface area contributed by atoms with E-state index in [2.05, 4.69) is 53.1 Å². The first-order valence-electron chi connectivity index (χ1n) is 9.25. The third kappa shape index (κ3) is 5.61. The molecular weight excluding hydrogens is 320 g/mol. The molecule has 1 N–H and O–H groups in total. The van der Waals surface area contributed by atoms with Gasteiger partial charge in [0.2, 0.25) is 0 Å². The first kappa shape index (κ1) is 19.5. The Morgan fingerprint density at radius 2 is 1.92 bits per heavy atom. The summed E-state index contributed by atoms with van der Waals surface area (Å²) in [6.07, 6.45) is 7.51. The van der Waals surface area contributed by atoms with E-state index < -0.39 is 0 Å². The minimum atomic E-state index is 0. The van der Waals surface area contributed by atoms with Crippen LogP contribution in [0.5, 0.6) is 0 Å². The highest BCUT2D eigenvalue weighted by Crippen LogP contribution is 2.28. The molecule has 0 bridgehead atoms. The van der Waals surface area contributed by atoms with E-state index in [1.165, 1.54) is 50.9 Å². The minimum Gasteiger partial charge on any atom is -0.357 e. The van der Waals surface area contributed by atoms with Crippen LogP contribution in [0, 0.1) is 5.92 Å². The average molecular weight is 353 g/mol. The molecule has 1 aliphatic carbocycles. The predicted octanol–water partition coefficient (Wildman–Crippen LogP) is 3.31. The number of piperidine rings is 1. The average Bonchev–Trinajstić information content (AvgIpc) is 3.38. The number of hydrogen-bond donors (Lipinski definition) is 1. The Kier molecular flexibility index (Phi) is 7.33. The second kappa shape index (κ2) is 9.02. The van der Waals surface area contributed by atoms with Crippen molar-refractivity contribution >= 4 is 18.2 Å². The highest BCUT2D eigenvalue weighted by Gasteiger charge is 2.24. The van der Waals surface area contributed by atoms with Gasteiger partial charge in [0.1, 0.15) is 5.82 Å². The van der Waals surface area contributed by atoms with Crippen LogP contribution in [0.15, 0.2) is 18.3 Å². The molecule has 3 rings (SSSR count). The fraction of sp³-hybridized carbons (Fsp3) is 0.737. The lowest BCUT2D eigenvalue weighted by atomic mass is 10.0. The molecule has 2 fully saturated rings. The summed E-state index contributed by atoms with van der Waals surface area (Å²) in [6.45, 7) is 9.08. The van der Waals surface area contributed by atoms with Crippen molar-refractivity contribution in [2.45, 2.75) is 58.2 Å². The van der Waals surface area contributed by atoms with E-state index in [9.17, 15) is 0 Å². The molecule has 0 unspecified atom stereocenters. The SMILES string of the molecule is CC(C)N(C)c1ccc(CN2CCC(NCC3CC3)CC2)cn1.Cl. The van der Waals surface area contributed by atoms with Gasteiger partial charge in [-0.1, -0.05) is 6.07 Å². The number of likely N-dealkylation sites (tertiary alicyclic amines) is 1. The Balaban J connectivity index is 0.00000208. The van der Waals surface area contributed by atoms with Gasteiger partial charge in [-0.2, -0.15) is 0 Å². The summed E-state index contributed by atoms with van der Waals surface area (Å²) in [5, 5.41) is 3.75. The van der Waals surface area contributed by atoms with Crippen LogP contribution in [-0.4, -0.2) is 48.6 Å². The van der Waals surface area contributed by atoms with E-state index in [-0.39, 0.29) is 12.4 Å². The molecular formula is C19H33ClN4. The van der Waals surface area contributed by atoms with Gasteiger partial charge in [0, 0.05) is 31.9 Å². The van der Waals surface area contributed by atoms with Gasteiger partial charge >= 0.3 is 0 Å². The summed E-state index contributed by atoms with van der Waals surface area (Å²) in [5.74, 6) is 2.05. The molecule has 136 valence electrons. The van der Waals surface area contributed by atoms with Crippen LogP contribution in [0.1, 0.15) is 45.1 Å². The number of pyridine rings is 1. The van der Waals surface area contributed by atoms with Gasteiger partial charge in [0.15, 0.2) is 0 Å². The lowest BCUT2D eigenvalue weighted by molar-refractivity contribution is 0.190. The fourth-order valence-electron chi connectivity index (χ4n) is 3.19. The molecule has 2 heterocycles. The second-order valence-electron chi connectivity index (χ2n) is 7.63. The van der Waals surface area contributed by atoms with E-state index in [0.717, 1.165) is 24.3 Å². The molecule has 4 nitrogen and oxygen atoms in total. The van der Waals surface area contributed by atoms with E-state index in [0.29, 0.717) is 6.04 Å². The number of nitrogens with one attached hydrogen (secondary N) is 1. The van der Waals surface area contributed by atoms with Crippen LogP contribution < -0.4 is 10.2 Å². The molecule has 1 saturated heterocycles. The standard InChI is InChI=1S/C19H32N4.ClH/c1-15(2)22(3)19-7-6-17(13-21-19)14-23-10-8-18(9-11-23)20-12-16-4-5-16;/h6-7,13,15-16,18,20H,4-5,8-12,14H2,1-3H3;1H. The van der Waals surface area contributed by atoms with Gasteiger partial charge in [-0.3, -0.25) is 4.90 Å². The van der Waals surface area contributed by atoms with Crippen LogP contribution in [0.2, 0.25) is 0 Å². The third-order valence-corrected chi connectivity index (χ3v) is 5.33. The summed E-state index contributed by atoms with van der Waals surface area (Å²) >= 11 is 0. The van der Waals surface area contributed by atoms with Crippen molar-refractivity contribution < 1.29 is 0 Å². The van der Waals surface area contributed by atoms with Crippen LogP contribution in [0.25, 0.3) is 0 Å². The van der Waals surface area contributed by atoms with Crippen molar-refractivity contribution in [2.75, 3.05) is 31.6 Å². The van der Waals surface area contributed by atoms with Crippen molar-refractivity contribution in [1.29, 1.82) is 0 Å². The monoisotopic (exact) mass is 352 g/mol. The molecule has 1 aliphatic heterocycles. The minimum absolute atomic E-state index is 0. The maximum absolute atomic E-state index is 4.62. The Hall–Kier alpha value is -0.840. The Morgan fingerprint density at radius 1 is 1.21 bits per heavy atom. The summed E-state index contributed by atoms with van der Waals surface area (Å²) in [5.41, 5.74) is 1.33. The first-order valence-corrected chi connectivity index (χ1v) is 9.25. The number of hydrogen-bond acceptors (Lipinski definition) is 4. The lowest BCUT2D eigenvalue weighted by Gasteiger charge is -2.32. The van der Waals surface area contributed by atoms with Crippen LogP contribution in [0.4, 0.5) is 5.82 Å². The maximum Gasteiger partial charge on any atom is 0.128 e. The number of halogens is 1. The molecule has 0 radical (unpaired) electrons. The highest BCUT2D eigenvalue weighted by molar-refractivity contribution is 5.85. The van der Waals surface area contributed by atoms with Gasteiger partial charge in [0.25, 0.3) is 0 Å². The van der Waals surface area contributed by atoms with Crippen molar-refractivity contribution in [3.63, 3.8) is 0 Å². The van der Waals surface area contributed by atoms with Gasteiger partial charge in [0.05, 0.1) is 0 Å². The summed E-state index contributed by atoms with van der Waals surface area (Å²) in [4.78, 5) is 9.40. The predicted molar refractivity (Wildman–Crippen MR) is 104 cm³/mol. The largest absolute Gasteiger partial charge is 0.357 e. The number of nitrogens with zero attached hydrogens (tertiary/aromatic N) is 3. The smallest absolute Gasteiger partial charge is 0.128 e. The first-order chi connectivity index (χ1) is 11.1. The van der Waals surface area contributed by atoms with Crippen LogP contribution in [-0.2, 0) is 6.54 Å². The molecule has 1 aromatic heterocycles. The Morgan fingerprint density at radius 3 is 2.46 bits per heavy atom. The molecule has 0 aromatic carbocycles. The molecule has 0 spiro atoms. The van der Waals surface area contributed by atoms with Crippen LogP contribution >= 0.6 is 12.4 Å². The van der Waals surface area contributed by atoms with Crippen molar-refractivity contribution in [3.05, 3.63) is 23.9 Å². The van der Waals surface area contributed by atoms with E-state index in [4.69, 9.17) is 0 Å². The fourth-order valence-corrected chi connectivity index (χ4v) is 3.19. The summed E-state index contributed by atoms with van der Waals surface area (Å²) < 4.78 is 0. The maximum atomic E-state index is 4.62.